The normalized spacial score (nSPS) is 11.8. The highest BCUT2D eigenvalue weighted by Crippen LogP contribution is 2.42. The lowest BCUT2D eigenvalue weighted by molar-refractivity contribution is 1.01. The first kappa shape index (κ1) is 29.6. The molecule has 0 aliphatic heterocycles. The summed E-state index contributed by atoms with van der Waals surface area (Å²) in [6, 6.07) is 68.5. The molecule has 2 heterocycles. The predicted octanol–water partition coefficient (Wildman–Crippen LogP) is 13.3. The number of rotatable bonds is 3. The zero-order chi connectivity index (χ0) is 34.9. The van der Waals surface area contributed by atoms with E-state index in [1.54, 1.807) is 0 Å². The van der Waals surface area contributed by atoms with Crippen molar-refractivity contribution in [1.29, 1.82) is 0 Å². The van der Waals surface area contributed by atoms with Gasteiger partial charge in [0.15, 0.2) is 0 Å². The van der Waals surface area contributed by atoms with E-state index in [0.717, 1.165) is 22.4 Å². The lowest BCUT2D eigenvalue weighted by atomic mass is 9.93. The fourth-order valence-electron chi connectivity index (χ4n) is 8.63. The molecule has 0 N–H and O–H groups in total. The summed E-state index contributed by atoms with van der Waals surface area (Å²) in [6.07, 6.45) is 4.38. The molecule has 248 valence electrons. The van der Waals surface area contributed by atoms with Crippen molar-refractivity contribution in [2.24, 2.45) is 0 Å². The summed E-state index contributed by atoms with van der Waals surface area (Å²) in [4.78, 5) is 0. The third-order valence-corrected chi connectivity index (χ3v) is 10.9. The summed E-state index contributed by atoms with van der Waals surface area (Å²) < 4.78 is 7.11. The molecule has 3 heteroatoms. The lowest BCUT2D eigenvalue weighted by Crippen LogP contribution is -2.04. The van der Waals surface area contributed by atoms with E-state index in [0.29, 0.717) is 0 Å². The number of aromatic nitrogens is 3. The van der Waals surface area contributed by atoms with Crippen LogP contribution in [0.15, 0.2) is 200 Å². The number of nitrogens with zero attached hydrogens (tertiary/aromatic N) is 3. The van der Waals surface area contributed by atoms with Crippen LogP contribution < -0.4 is 0 Å². The van der Waals surface area contributed by atoms with Crippen molar-refractivity contribution in [2.45, 2.75) is 0 Å². The maximum Gasteiger partial charge on any atom is 0.0703 e. The second kappa shape index (κ2) is 11.7. The SMILES string of the molecule is c1ccc(-n2ccn(-c3ccccc3)c3cc4c(cc32)c2ccccc2c2cccc(-n3c5ccccc5c5ccccc53)c2c2ccccc42)cc1. The Balaban J connectivity index is 1.38. The maximum atomic E-state index is 2.47. The summed E-state index contributed by atoms with van der Waals surface area (Å²) in [5.41, 5.74) is 8.09. The Morgan fingerprint density at radius 3 is 1.15 bits per heavy atom. The minimum absolute atomic E-state index is 1.12. The van der Waals surface area contributed by atoms with Crippen molar-refractivity contribution >= 4 is 75.9 Å². The van der Waals surface area contributed by atoms with E-state index in [2.05, 4.69) is 214 Å². The second-order valence-corrected chi connectivity index (χ2v) is 13.8. The number of hydrogen-bond acceptors (Lipinski definition) is 0. The van der Waals surface area contributed by atoms with E-state index >= 15 is 0 Å². The van der Waals surface area contributed by atoms with Crippen molar-refractivity contribution in [1.82, 2.24) is 13.7 Å². The van der Waals surface area contributed by atoms with Gasteiger partial charge in [-0.05, 0) is 92.3 Å². The average Bonchev–Trinajstić information content (AvgIpc) is 3.57. The van der Waals surface area contributed by atoms with Gasteiger partial charge in [0.25, 0.3) is 0 Å². The van der Waals surface area contributed by atoms with E-state index < -0.39 is 0 Å². The second-order valence-electron chi connectivity index (χ2n) is 13.8. The van der Waals surface area contributed by atoms with Crippen LogP contribution in [0.5, 0.6) is 0 Å². The standard InChI is InChI=1S/C50H33N3/c1-3-16-34(17-4-1)51-30-31-52(35-18-5-2-6-19-35)49-33-44-38-22-9-10-25-41(38)50-42(36-20-7-8-21-37(36)43(44)32-48(49)51)26-15-29-47(50)53-45-27-13-11-23-39(45)40-24-12-14-28-46(40)53/h1-33H. The Labute approximate surface area is 306 Å². The predicted molar refractivity (Wildman–Crippen MR) is 225 cm³/mol. The van der Waals surface area contributed by atoms with Crippen LogP contribution in [0.1, 0.15) is 0 Å². The van der Waals surface area contributed by atoms with Crippen molar-refractivity contribution in [2.75, 3.05) is 0 Å². The largest absolute Gasteiger partial charge is 0.314 e. The van der Waals surface area contributed by atoms with Gasteiger partial charge in [-0.1, -0.05) is 133 Å². The highest BCUT2D eigenvalue weighted by molar-refractivity contribution is 6.29. The molecule has 11 rings (SSSR count). The van der Waals surface area contributed by atoms with E-state index in [1.807, 2.05) is 0 Å². The fourth-order valence-corrected chi connectivity index (χ4v) is 8.63. The van der Waals surface area contributed by atoms with Gasteiger partial charge in [0.05, 0.1) is 27.8 Å². The molecule has 0 fully saturated rings. The lowest BCUT2D eigenvalue weighted by Gasteiger charge is -2.19. The van der Waals surface area contributed by atoms with Gasteiger partial charge in [-0.3, -0.25) is 0 Å². The smallest absolute Gasteiger partial charge is 0.0703 e. The summed E-state index contributed by atoms with van der Waals surface area (Å²) in [6.45, 7) is 0. The molecule has 2 aromatic heterocycles. The molecule has 0 saturated carbocycles. The number of fused-ring (bicyclic) bond motifs is 12. The first-order valence-electron chi connectivity index (χ1n) is 18.2. The quantitative estimate of drug-likeness (QED) is 0.177. The highest BCUT2D eigenvalue weighted by atomic mass is 15.0. The molecular weight excluding hydrogens is 643 g/mol. The highest BCUT2D eigenvalue weighted by Gasteiger charge is 2.18. The van der Waals surface area contributed by atoms with Crippen LogP contribution in [0.3, 0.4) is 0 Å². The summed E-state index contributed by atoms with van der Waals surface area (Å²) in [7, 11) is 0. The van der Waals surface area contributed by atoms with Gasteiger partial charge in [-0.15, -0.1) is 0 Å². The first-order chi connectivity index (χ1) is 26.3. The Bertz CT molecular complexity index is 3220. The third-order valence-electron chi connectivity index (χ3n) is 10.9. The Morgan fingerprint density at radius 2 is 0.642 bits per heavy atom. The third kappa shape index (κ3) is 4.47. The zero-order valence-corrected chi connectivity index (χ0v) is 28.9. The molecule has 3 nitrogen and oxygen atoms in total. The van der Waals surface area contributed by atoms with E-state index in [1.165, 1.54) is 70.6 Å². The fraction of sp³-hybridized carbons (Fsp3) is 0. The molecular formula is C50H33N3. The van der Waals surface area contributed by atoms with Gasteiger partial charge in [-0.2, -0.15) is 0 Å². The van der Waals surface area contributed by atoms with Crippen molar-refractivity contribution in [3.05, 3.63) is 200 Å². The molecule has 0 aliphatic rings. The summed E-state index contributed by atoms with van der Waals surface area (Å²) in [5, 5.41) is 12.3. The van der Waals surface area contributed by atoms with Gasteiger partial charge < -0.3 is 13.7 Å². The Hall–Kier alpha value is -7.10. The maximum absolute atomic E-state index is 2.47. The van der Waals surface area contributed by atoms with Crippen LogP contribution in [0.4, 0.5) is 0 Å². The van der Waals surface area contributed by atoms with Gasteiger partial charge >= 0.3 is 0 Å². The van der Waals surface area contributed by atoms with Crippen LogP contribution in [0.2, 0.25) is 0 Å². The monoisotopic (exact) mass is 675 g/mol. The van der Waals surface area contributed by atoms with E-state index in [4.69, 9.17) is 0 Å². The van der Waals surface area contributed by atoms with Gasteiger partial charge in [-0.25, -0.2) is 0 Å². The molecule has 0 bridgehead atoms. The topological polar surface area (TPSA) is 14.8 Å². The number of benzene rings is 8. The van der Waals surface area contributed by atoms with Crippen LogP contribution in [-0.4, -0.2) is 13.7 Å². The summed E-state index contributed by atoms with van der Waals surface area (Å²) >= 11 is 0. The first-order valence-corrected chi connectivity index (χ1v) is 18.2. The van der Waals surface area contributed by atoms with Crippen LogP contribution in [-0.2, 0) is 0 Å². The molecule has 0 atom stereocenters. The molecule has 53 heavy (non-hydrogen) atoms. The van der Waals surface area contributed by atoms with Crippen LogP contribution >= 0.6 is 0 Å². The Morgan fingerprint density at radius 1 is 0.264 bits per heavy atom. The number of para-hydroxylation sites is 4. The number of hydrogen-bond donors (Lipinski definition) is 0. The Kier molecular flexibility index (Phi) is 6.55. The minimum atomic E-state index is 1.12. The van der Waals surface area contributed by atoms with Gasteiger partial charge in [0.1, 0.15) is 0 Å². The molecule has 0 aliphatic carbocycles. The molecule has 0 saturated heterocycles. The molecule has 0 spiro atoms. The van der Waals surface area contributed by atoms with Crippen LogP contribution in [0, 0.1) is 0 Å². The molecule has 0 unspecified atom stereocenters. The van der Waals surface area contributed by atoms with Crippen molar-refractivity contribution in [3.63, 3.8) is 0 Å². The van der Waals surface area contributed by atoms with Crippen molar-refractivity contribution < 1.29 is 0 Å². The van der Waals surface area contributed by atoms with E-state index in [-0.39, 0.29) is 0 Å². The van der Waals surface area contributed by atoms with Crippen LogP contribution in [0.25, 0.3) is 93.0 Å². The molecule has 0 radical (unpaired) electrons. The van der Waals surface area contributed by atoms with Gasteiger partial charge in [0.2, 0.25) is 0 Å². The van der Waals surface area contributed by atoms with E-state index in [9.17, 15) is 0 Å². The average molecular weight is 676 g/mol. The zero-order valence-electron chi connectivity index (χ0n) is 28.9. The van der Waals surface area contributed by atoms with Gasteiger partial charge in [0, 0.05) is 39.9 Å². The minimum Gasteiger partial charge on any atom is -0.314 e. The van der Waals surface area contributed by atoms with Crippen molar-refractivity contribution in [3.8, 4) is 17.1 Å². The molecule has 9 aromatic carbocycles. The molecule has 11 aromatic rings. The summed E-state index contributed by atoms with van der Waals surface area (Å²) in [5.74, 6) is 0. The molecule has 0 amide bonds.